The van der Waals surface area contributed by atoms with Crippen molar-refractivity contribution >= 4 is 28.3 Å². The van der Waals surface area contributed by atoms with Gasteiger partial charge in [0.1, 0.15) is 22.7 Å². The van der Waals surface area contributed by atoms with E-state index in [2.05, 4.69) is 18.3 Å². The third-order valence-corrected chi connectivity index (χ3v) is 5.50. The molecule has 5 heteroatoms. The summed E-state index contributed by atoms with van der Waals surface area (Å²) in [6.07, 6.45) is 4.42. The van der Waals surface area contributed by atoms with Gasteiger partial charge in [0, 0.05) is 4.88 Å². The number of amides is 1. The van der Waals surface area contributed by atoms with Gasteiger partial charge in [-0.25, -0.2) is 0 Å². The summed E-state index contributed by atoms with van der Waals surface area (Å²) in [5.41, 5.74) is 2.42. The number of anilines is 1. The molecule has 0 bridgehead atoms. The zero-order valence-corrected chi connectivity index (χ0v) is 14.7. The van der Waals surface area contributed by atoms with E-state index >= 15 is 0 Å². The quantitative estimate of drug-likeness (QED) is 0.664. The molecule has 0 radical (unpaired) electrons. The average molecular weight is 347 g/mol. The van der Waals surface area contributed by atoms with Crippen molar-refractivity contribution in [1.82, 2.24) is 0 Å². The van der Waals surface area contributed by atoms with Gasteiger partial charge in [-0.2, -0.15) is 10.5 Å². The molecule has 0 saturated heterocycles. The monoisotopic (exact) mass is 347 g/mol. The zero-order chi connectivity index (χ0) is 17.8. The summed E-state index contributed by atoms with van der Waals surface area (Å²) in [5, 5.41) is 22.1. The fourth-order valence-corrected chi connectivity index (χ4v) is 4.35. The number of hydrogen-bond donors (Lipinski definition) is 1. The second-order valence-corrected chi connectivity index (χ2v) is 7.31. The zero-order valence-electron chi connectivity index (χ0n) is 13.9. The molecule has 1 aromatic heterocycles. The number of fused-ring (bicyclic) bond motifs is 1. The molecule has 0 aliphatic heterocycles. The van der Waals surface area contributed by atoms with Crippen LogP contribution in [0.3, 0.4) is 0 Å². The maximum absolute atomic E-state index is 12.5. The Morgan fingerprint density at radius 3 is 2.76 bits per heavy atom. The van der Waals surface area contributed by atoms with E-state index in [4.69, 9.17) is 0 Å². The molecule has 4 nitrogen and oxygen atoms in total. The number of thiophene rings is 1. The standard InChI is InChI=1S/C20H17N3OS/c1-13-7-8-16-17(12-22)20(25-18(16)9-13)23-19(24)15(11-21)10-14-5-3-2-4-6-14/h2-6,10,13H,7-9H2,1H3,(H,23,24)/b15-10+/t13-/m0/s1. The smallest absolute Gasteiger partial charge is 0.266 e. The summed E-state index contributed by atoms with van der Waals surface area (Å²) in [4.78, 5) is 13.7. The lowest BCUT2D eigenvalue weighted by atomic mass is 9.88. The summed E-state index contributed by atoms with van der Waals surface area (Å²) in [6, 6.07) is 13.4. The van der Waals surface area contributed by atoms with Gasteiger partial charge in [-0.05, 0) is 42.4 Å². The van der Waals surface area contributed by atoms with E-state index in [9.17, 15) is 15.3 Å². The van der Waals surface area contributed by atoms with Gasteiger partial charge in [0.25, 0.3) is 5.91 Å². The van der Waals surface area contributed by atoms with E-state index in [1.54, 1.807) is 6.08 Å². The first kappa shape index (κ1) is 17.0. The molecular formula is C20H17N3OS. The molecule has 0 fully saturated rings. The van der Waals surface area contributed by atoms with E-state index in [1.807, 2.05) is 36.4 Å². The maximum atomic E-state index is 12.5. The first-order valence-electron chi connectivity index (χ1n) is 8.15. The van der Waals surface area contributed by atoms with E-state index in [0.717, 1.165) is 30.4 Å². The van der Waals surface area contributed by atoms with Crippen LogP contribution in [-0.4, -0.2) is 5.91 Å². The summed E-state index contributed by atoms with van der Waals surface area (Å²) in [6.45, 7) is 2.20. The highest BCUT2D eigenvalue weighted by molar-refractivity contribution is 7.16. The Balaban J connectivity index is 1.87. The molecule has 1 amide bonds. The van der Waals surface area contributed by atoms with Gasteiger partial charge in [0.05, 0.1) is 5.56 Å². The molecule has 2 aromatic rings. The van der Waals surface area contributed by atoms with Crippen molar-refractivity contribution in [2.45, 2.75) is 26.2 Å². The van der Waals surface area contributed by atoms with Crippen LogP contribution in [0, 0.1) is 28.6 Å². The Hall–Kier alpha value is -2.89. The van der Waals surface area contributed by atoms with Crippen molar-refractivity contribution in [2.24, 2.45) is 5.92 Å². The number of nitrogens with zero attached hydrogens (tertiary/aromatic N) is 2. The number of benzene rings is 1. The molecule has 1 heterocycles. The first-order chi connectivity index (χ1) is 12.1. The first-order valence-corrected chi connectivity index (χ1v) is 8.97. The number of nitriles is 2. The van der Waals surface area contributed by atoms with Crippen LogP contribution in [0.4, 0.5) is 5.00 Å². The molecule has 1 atom stereocenters. The fourth-order valence-electron chi connectivity index (χ4n) is 2.99. The highest BCUT2D eigenvalue weighted by atomic mass is 32.1. The third kappa shape index (κ3) is 3.63. The number of rotatable bonds is 3. The van der Waals surface area contributed by atoms with E-state index in [-0.39, 0.29) is 5.57 Å². The Morgan fingerprint density at radius 1 is 1.32 bits per heavy atom. The van der Waals surface area contributed by atoms with Gasteiger partial charge in [-0.1, -0.05) is 37.3 Å². The Bertz CT molecular complexity index is 913. The highest BCUT2D eigenvalue weighted by Gasteiger charge is 2.25. The molecule has 0 unspecified atom stereocenters. The fraction of sp³-hybridized carbons (Fsp3) is 0.250. The summed E-state index contributed by atoms with van der Waals surface area (Å²) < 4.78 is 0. The predicted octanol–water partition coefficient (Wildman–Crippen LogP) is 4.29. The topological polar surface area (TPSA) is 76.7 Å². The lowest BCUT2D eigenvalue weighted by molar-refractivity contribution is -0.112. The van der Waals surface area contributed by atoms with Gasteiger partial charge in [0.2, 0.25) is 0 Å². The summed E-state index contributed by atoms with van der Waals surface area (Å²) >= 11 is 1.46. The maximum Gasteiger partial charge on any atom is 0.266 e. The molecule has 0 spiro atoms. The van der Waals surface area contributed by atoms with Gasteiger partial charge in [0.15, 0.2) is 0 Å². The van der Waals surface area contributed by atoms with E-state index < -0.39 is 5.91 Å². The summed E-state index contributed by atoms with van der Waals surface area (Å²) in [5.74, 6) is 0.114. The SMILES string of the molecule is C[C@H]1CCc2c(sc(NC(=O)/C(C#N)=C/c3ccccc3)c2C#N)C1. The normalized spacial score (nSPS) is 16.4. The van der Waals surface area contributed by atoms with Gasteiger partial charge in [-0.15, -0.1) is 11.3 Å². The van der Waals surface area contributed by atoms with Gasteiger partial charge in [-0.3, -0.25) is 4.79 Å². The lowest BCUT2D eigenvalue weighted by Crippen LogP contribution is -2.13. The highest BCUT2D eigenvalue weighted by Crippen LogP contribution is 2.39. The molecule has 25 heavy (non-hydrogen) atoms. The molecule has 3 rings (SSSR count). The minimum absolute atomic E-state index is 0.0230. The minimum Gasteiger partial charge on any atom is -0.312 e. The van der Waals surface area contributed by atoms with Crippen molar-refractivity contribution in [3.8, 4) is 12.1 Å². The summed E-state index contributed by atoms with van der Waals surface area (Å²) in [7, 11) is 0. The molecule has 1 aliphatic rings. The van der Waals surface area contributed by atoms with Crippen molar-refractivity contribution in [2.75, 3.05) is 5.32 Å². The second-order valence-electron chi connectivity index (χ2n) is 6.20. The van der Waals surface area contributed by atoms with Gasteiger partial charge < -0.3 is 5.32 Å². The molecular weight excluding hydrogens is 330 g/mol. The van der Waals surface area contributed by atoms with Crippen LogP contribution in [-0.2, 0) is 17.6 Å². The average Bonchev–Trinajstić information content (AvgIpc) is 2.96. The number of hydrogen-bond acceptors (Lipinski definition) is 4. The Labute approximate surface area is 151 Å². The van der Waals surface area contributed by atoms with Crippen LogP contribution < -0.4 is 5.32 Å². The van der Waals surface area contributed by atoms with Crippen LogP contribution in [0.25, 0.3) is 6.08 Å². The number of carbonyl (C=O) groups excluding carboxylic acids is 1. The van der Waals surface area contributed by atoms with Crippen LogP contribution in [0.1, 0.15) is 34.9 Å². The largest absolute Gasteiger partial charge is 0.312 e. The van der Waals surface area contributed by atoms with Crippen LogP contribution in [0.2, 0.25) is 0 Å². The van der Waals surface area contributed by atoms with Crippen molar-refractivity contribution in [3.63, 3.8) is 0 Å². The van der Waals surface area contributed by atoms with Gasteiger partial charge >= 0.3 is 0 Å². The lowest BCUT2D eigenvalue weighted by Gasteiger charge is -2.17. The molecule has 1 aromatic carbocycles. The van der Waals surface area contributed by atoms with Crippen molar-refractivity contribution in [1.29, 1.82) is 10.5 Å². The number of nitrogens with one attached hydrogen (secondary N) is 1. The van der Waals surface area contributed by atoms with E-state index in [1.165, 1.54) is 16.2 Å². The van der Waals surface area contributed by atoms with Crippen LogP contribution in [0.5, 0.6) is 0 Å². The third-order valence-electron chi connectivity index (χ3n) is 4.33. The van der Waals surface area contributed by atoms with Crippen LogP contribution >= 0.6 is 11.3 Å². The molecule has 1 aliphatic carbocycles. The molecule has 124 valence electrons. The van der Waals surface area contributed by atoms with Crippen molar-refractivity contribution in [3.05, 3.63) is 57.5 Å². The second kappa shape index (κ2) is 7.34. The molecule has 1 N–H and O–H groups in total. The van der Waals surface area contributed by atoms with E-state index in [0.29, 0.717) is 16.5 Å². The minimum atomic E-state index is -0.477. The Kier molecular flexibility index (Phi) is 4.97. The Morgan fingerprint density at radius 2 is 2.08 bits per heavy atom. The molecule has 0 saturated carbocycles. The predicted molar refractivity (Wildman–Crippen MR) is 98.9 cm³/mol. The van der Waals surface area contributed by atoms with Crippen LogP contribution in [0.15, 0.2) is 35.9 Å². The van der Waals surface area contributed by atoms with Crippen molar-refractivity contribution < 1.29 is 4.79 Å². The number of carbonyl (C=O) groups is 1.